The summed E-state index contributed by atoms with van der Waals surface area (Å²) in [6.07, 6.45) is 5.96. The Bertz CT molecular complexity index is 308. The van der Waals surface area contributed by atoms with Crippen molar-refractivity contribution in [2.75, 3.05) is 13.2 Å². The number of hydrogen-bond acceptors (Lipinski definition) is 4. The van der Waals surface area contributed by atoms with E-state index >= 15 is 0 Å². The fourth-order valence-corrected chi connectivity index (χ4v) is 1.88. The molecule has 0 radical (unpaired) electrons. The van der Waals surface area contributed by atoms with E-state index in [4.69, 9.17) is 9.47 Å². The maximum absolute atomic E-state index is 11.1. The van der Waals surface area contributed by atoms with E-state index in [1.807, 2.05) is 32.9 Å². The predicted molar refractivity (Wildman–Crippen MR) is 77.8 cm³/mol. The van der Waals surface area contributed by atoms with Gasteiger partial charge in [0.1, 0.15) is 5.76 Å². The van der Waals surface area contributed by atoms with Gasteiger partial charge in [-0.1, -0.05) is 19.9 Å². The average molecular weight is 272 g/mol. The molecule has 0 amide bonds. The Hall–Kier alpha value is -0.900. The third-order valence-corrected chi connectivity index (χ3v) is 2.68. The highest BCUT2D eigenvalue weighted by atomic mass is 32.1. The van der Waals surface area contributed by atoms with Crippen molar-refractivity contribution in [3.8, 4) is 0 Å². The molecule has 0 saturated carbocycles. The Morgan fingerprint density at radius 3 is 2.78 bits per heavy atom. The molecule has 1 aliphatic rings. The molecule has 1 rings (SSSR count). The Labute approximate surface area is 116 Å². The van der Waals surface area contributed by atoms with Gasteiger partial charge in [-0.05, 0) is 38.3 Å². The lowest BCUT2D eigenvalue weighted by Gasteiger charge is -2.09. The summed E-state index contributed by atoms with van der Waals surface area (Å²) in [5.41, 5.74) is 1.03. The van der Waals surface area contributed by atoms with Crippen LogP contribution in [0.25, 0.3) is 0 Å². The molecule has 0 fully saturated rings. The summed E-state index contributed by atoms with van der Waals surface area (Å²) in [7, 11) is 0. The van der Waals surface area contributed by atoms with Gasteiger partial charge in [0.05, 0.1) is 6.61 Å². The van der Waals surface area contributed by atoms with E-state index in [9.17, 15) is 4.79 Å². The number of allylic oxidation sites excluding steroid dienone is 2. The summed E-state index contributed by atoms with van der Waals surface area (Å²) in [6.45, 7) is 8.10. The first kappa shape index (κ1) is 17.1. The molecule has 0 aliphatic heterocycles. The molecule has 0 aromatic heterocycles. The molecular weight excluding hydrogens is 248 g/mol. The Morgan fingerprint density at radius 1 is 1.50 bits per heavy atom. The lowest BCUT2D eigenvalue weighted by atomic mass is 10.2. The van der Waals surface area contributed by atoms with Crippen molar-refractivity contribution < 1.29 is 14.3 Å². The van der Waals surface area contributed by atoms with Gasteiger partial charge < -0.3 is 9.47 Å². The molecule has 18 heavy (non-hydrogen) atoms. The number of rotatable bonds is 4. The zero-order chi connectivity index (χ0) is 14.0. The Balaban J connectivity index is 0.00000137. The lowest BCUT2D eigenvalue weighted by molar-refractivity contribution is -0.146. The molecule has 1 aliphatic carbocycles. The number of carbonyl (C=O) groups excluding carboxylic acids is 1. The Kier molecular flexibility index (Phi) is 9.56. The zero-order valence-electron chi connectivity index (χ0n) is 11.7. The predicted octanol–water partition coefficient (Wildman–Crippen LogP) is 3.51. The molecule has 0 saturated heterocycles. The third-order valence-electron chi connectivity index (χ3n) is 2.27. The van der Waals surface area contributed by atoms with Crippen LogP contribution in [0.4, 0.5) is 0 Å². The van der Waals surface area contributed by atoms with Crippen LogP contribution in [0.3, 0.4) is 0 Å². The molecule has 0 bridgehead atoms. The van der Waals surface area contributed by atoms with E-state index in [2.05, 4.69) is 12.6 Å². The van der Waals surface area contributed by atoms with Crippen molar-refractivity contribution in [1.82, 2.24) is 0 Å². The van der Waals surface area contributed by atoms with Crippen LogP contribution < -0.4 is 0 Å². The summed E-state index contributed by atoms with van der Waals surface area (Å²) in [5.74, 6) is 0.437. The second-order valence-electron chi connectivity index (χ2n) is 3.66. The highest BCUT2D eigenvalue weighted by Crippen LogP contribution is 2.21. The largest absolute Gasteiger partial charge is 0.482 e. The molecule has 0 spiro atoms. The second kappa shape index (κ2) is 10.1. The van der Waals surface area contributed by atoms with Gasteiger partial charge in [-0.25, -0.2) is 4.79 Å². The molecule has 1 atom stereocenters. The van der Waals surface area contributed by atoms with Crippen LogP contribution in [0, 0.1) is 0 Å². The van der Waals surface area contributed by atoms with Crippen molar-refractivity contribution in [2.24, 2.45) is 0 Å². The van der Waals surface area contributed by atoms with E-state index in [0.717, 1.165) is 24.2 Å². The van der Waals surface area contributed by atoms with Gasteiger partial charge in [-0.2, -0.15) is 12.6 Å². The monoisotopic (exact) mass is 272 g/mol. The van der Waals surface area contributed by atoms with Crippen molar-refractivity contribution in [1.29, 1.82) is 0 Å². The SMILES string of the molecule is CC.CCOC(=O)COC1=CCCC(S)C=C1C. The number of esters is 1. The minimum Gasteiger partial charge on any atom is -0.482 e. The van der Waals surface area contributed by atoms with Gasteiger partial charge in [0.25, 0.3) is 0 Å². The fourth-order valence-electron chi connectivity index (χ4n) is 1.51. The van der Waals surface area contributed by atoms with Crippen molar-refractivity contribution in [2.45, 2.75) is 45.8 Å². The van der Waals surface area contributed by atoms with Crippen molar-refractivity contribution >= 4 is 18.6 Å². The first-order valence-electron chi connectivity index (χ1n) is 6.49. The van der Waals surface area contributed by atoms with Crippen LogP contribution >= 0.6 is 12.6 Å². The van der Waals surface area contributed by atoms with Crippen LogP contribution in [-0.4, -0.2) is 24.4 Å². The maximum Gasteiger partial charge on any atom is 0.344 e. The average Bonchev–Trinajstić information content (AvgIpc) is 2.51. The van der Waals surface area contributed by atoms with Crippen LogP contribution in [0.5, 0.6) is 0 Å². The standard InChI is InChI=1S/C12H18O3S.C2H6/c1-3-14-12(13)8-15-11-6-4-5-10(16)7-9(11)2;1-2/h6-7,10,16H,3-5,8H2,1-2H3;1-2H3. The molecule has 3 nitrogen and oxygen atoms in total. The van der Waals surface area contributed by atoms with Crippen molar-refractivity contribution in [3.63, 3.8) is 0 Å². The number of thiol groups is 1. The van der Waals surface area contributed by atoms with Gasteiger partial charge in [0, 0.05) is 5.25 Å². The zero-order valence-corrected chi connectivity index (χ0v) is 12.6. The summed E-state index contributed by atoms with van der Waals surface area (Å²) < 4.78 is 10.2. The van der Waals surface area contributed by atoms with E-state index in [1.165, 1.54) is 0 Å². The van der Waals surface area contributed by atoms with Crippen LogP contribution in [-0.2, 0) is 14.3 Å². The summed E-state index contributed by atoms with van der Waals surface area (Å²) in [5, 5.41) is 0.264. The van der Waals surface area contributed by atoms with Gasteiger partial charge in [0.15, 0.2) is 6.61 Å². The van der Waals surface area contributed by atoms with Gasteiger partial charge in [-0.15, -0.1) is 0 Å². The first-order valence-corrected chi connectivity index (χ1v) is 7.00. The van der Waals surface area contributed by atoms with E-state index in [0.29, 0.717) is 6.61 Å². The number of ether oxygens (including phenoxy) is 2. The lowest BCUT2D eigenvalue weighted by Crippen LogP contribution is -2.12. The second-order valence-corrected chi connectivity index (χ2v) is 4.32. The maximum atomic E-state index is 11.1. The molecule has 0 aromatic rings. The highest BCUT2D eigenvalue weighted by molar-refractivity contribution is 7.81. The normalized spacial score (nSPS) is 18.6. The first-order chi connectivity index (χ1) is 8.63. The highest BCUT2D eigenvalue weighted by Gasteiger charge is 2.11. The molecule has 0 aromatic carbocycles. The van der Waals surface area contributed by atoms with Crippen LogP contribution in [0.2, 0.25) is 0 Å². The van der Waals surface area contributed by atoms with Gasteiger partial charge in [-0.3, -0.25) is 0 Å². The minimum atomic E-state index is -0.331. The molecular formula is C14H24O3S. The summed E-state index contributed by atoms with van der Waals surface area (Å²) >= 11 is 4.42. The molecule has 104 valence electrons. The molecule has 0 N–H and O–H groups in total. The Morgan fingerprint density at radius 2 is 2.17 bits per heavy atom. The van der Waals surface area contributed by atoms with Crippen LogP contribution in [0.1, 0.15) is 40.5 Å². The van der Waals surface area contributed by atoms with Gasteiger partial charge in [0.2, 0.25) is 0 Å². The molecule has 1 unspecified atom stereocenters. The minimum absolute atomic E-state index is 0.0257. The van der Waals surface area contributed by atoms with E-state index < -0.39 is 0 Å². The molecule has 0 heterocycles. The quantitative estimate of drug-likeness (QED) is 0.628. The van der Waals surface area contributed by atoms with Crippen molar-refractivity contribution in [3.05, 3.63) is 23.5 Å². The van der Waals surface area contributed by atoms with E-state index in [1.54, 1.807) is 6.92 Å². The summed E-state index contributed by atoms with van der Waals surface area (Å²) in [6, 6.07) is 0. The summed E-state index contributed by atoms with van der Waals surface area (Å²) in [4.78, 5) is 11.1. The smallest absolute Gasteiger partial charge is 0.344 e. The molecule has 4 heteroatoms. The van der Waals surface area contributed by atoms with Gasteiger partial charge >= 0.3 is 5.97 Å². The number of carbonyl (C=O) groups is 1. The number of hydrogen-bond donors (Lipinski definition) is 1. The fraction of sp³-hybridized carbons (Fsp3) is 0.643. The topological polar surface area (TPSA) is 35.5 Å². The third kappa shape index (κ3) is 6.74. The van der Waals surface area contributed by atoms with Crippen LogP contribution in [0.15, 0.2) is 23.5 Å². The van der Waals surface area contributed by atoms with E-state index in [-0.39, 0.29) is 17.8 Å².